The highest BCUT2D eigenvalue weighted by Crippen LogP contribution is 2.44. The molecule has 5 nitrogen and oxygen atoms in total. The van der Waals surface area contributed by atoms with Crippen molar-refractivity contribution >= 4 is 11.5 Å². The number of halogens is 5. The molecule has 3 aromatic rings. The highest BCUT2D eigenvalue weighted by atomic mass is 19.4. The molecule has 0 spiro atoms. The van der Waals surface area contributed by atoms with Crippen LogP contribution in [0.4, 0.5) is 27.8 Å². The third kappa shape index (κ3) is 3.16. The third-order valence-corrected chi connectivity index (χ3v) is 5.03. The first kappa shape index (κ1) is 18.6. The van der Waals surface area contributed by atoms with E-state index < -0.39 is 29.7 Å². The van der Waals surface area contributed by atoms with Gasteiger partial charge in [-0.3, -0.25) is 0 Å². The molecular weight excluding hydrogens is 381 g/mol. The average Bonchev–Trinajstić information content (AvgIpc) is 3.36. The molecule has 2 heterocycles. The second-order valence-electron chi connectivity index (χ2n) is 6.98. The van der Waals surface area contributed by atoms with Gasteiger partial charge in [-0.05, 0) is 56.4 Å². The Morgan fingerprint density at radius 2 is 1.82 bits per heavy atom. The van der Waals surface area contributed by atoms with Gasteiger partial charge < -0.3 is 5.32 Å². The zero-order valence-electron chi connectivity index (χ0n) is 15.0. The summed E-state index contributed by atoms with van der Waals surface area (Å²) < 4.78 is 68.2. The van der Waals surface area contributed by atoms with E-state index in [1.165, 1.54) is 0 Å². The Hall–Kier alpha value is -2.78. The van der Waals surface area contributed by atoms with Crippen LogP contribution < -0.4 is 5.32 Å². The molecule has 1 fully saturated rings. The molecule has 1 saturated carbocycles. The maximum Gasteiger partial charge on any atom is 0.453 e. The van der Waals surface area contributed by atoms with Crippen molar-refractivity contribution in [1.82, 2.24) is 19.8 Å². The zero-order valence-corrected chi connectivity index (χ0v) is 15.0. The van der Waals surface area contributed by atoms with Gasteiger partial charge in [0.25, 0.3) is 5.82 Å². The van der Waals surface area contributed by atoms with Crippen LogP contribution in [-0.2, 0) is 6.18 Å². The Bertz CT molecular complexity index is 1050. The fourth-order valence-electron chi connectivity index (χ4n) is 3.22. The Morgan fingerprint density at radius 3 is 2.46 bits per heavy atom. The van der Waals surface area contributed by atoms with Crippen LogP contribution in [0, 0.1) is 31.4 Å². The summed E-state index contributed by atoms with van der Waals surface area (Å²) in [4.78, 5) is 0. The van der Waals surface area contributed by atoms with Crippen molar-refractivity contribution in [1.29, 1.82) is 0 Å². The number of aromatic nitrogens is 4. The van der Waals surface area contributed by atoms with Gasteiger partial charge >= 0.3 is 6.18 Å². The van der Waals surface area contributed by atoms with E-state index in [0.29, 0.717) is 15.6 Å². The van der Waals surface area contributed by atoms with E-state index >= 15 is 0 Å². The molecule has 0 saturated heterocycles. The van der Waals surface area contributed by atoms with Crippen LogP contribution >= 0.6 is 0 Å². The van der Waals surface area contributed by atoms with Crippen molar-refractivity contribution in [3.05, 3.63) is 52.3 Å². The predicted molar refractivity (Wildman–Crippen MR) is 90.7 cm³/mol. The maximum absolute atomic E-state index is 14.3. The van der Waals surface area contributed by atoms with E-state index in [2.05, 4.69) is 20.6 Å². The quantitative estimate of drug-likeness (QED) is 0.654. The molecule has 0 radical (unpaired) electrons. The van der Waals surface area contributed by atoms with Crippen molar-refractivity contribution < 1.29 is 22.0 Å². The van der Waals surface area contributed by atoms with Crippen LogP contribution in [0.15, 0.2) is 18.2 Å². The minimum atomic E-state index is -4.73. The number of hydrogen-bond donors (Lipinski definition) is 1. The smallest absolute Gasteiger partial charge is 0.361 e. The molecule has 1 unspecified atom stereocenters. The summed E-state index contributed by atoms with van der Waals surface area (Å²) in [7, 11) is 0. The molecule has 2 aromatic heterocycles. The Labute approximate surface area is 156 Å². The summed E-state index contributed by atoms with van der Waals surface area (Å²) in [6.07, 6.45) is -3.13. The molecule has 1 aromatic carbocycles. The van der Waals surface area contributed by atoms with Crippen LogP contribution in [-0.4, -0.2) is 19.8 Å². The van der Waals surface area contributed by atoms with E-state index in [1.807, 2.05) is 0 Å². The molecule has 148 valence electrons. The molecular formula is C18H16F5N5. The van der Waals surface area contributed by atoms with Crippen LogP contribution in [0.5, 0.6) is 0 Å². The fourth-order valence-corrected chi connectivity index (χ4v) is 3.22. The monoisotopic (exact) mass is 397 g/mol. The van der Waals surface area contributed by atoms with E-state index in [-0.39, 0.29) is 22.9 Å². The van der Waals surface area contributed by atoms with Gasteiger partial charge in [-0.15, -0.1) is 15.3 Å². The van der Waals surface area contributed by atoms with Gasteiger partial charge in [0.15, 0.2) is 11.5 Å². The minimum absolute atomic E-state index is 0.00437. The molecule has 1 aliphatic rings. The number of aryl methyl sites for hydroxylation is 1. The zero-order chi connectivity index (χ0) is 20.2. The molecule has 10 heteroatoms. The normalized spacial score (nSPS) is 15.8. The SMILES string of the molecule is Cc1c(NC(c2cc(F)ccc2F)C2CC2)nn2c(C(F)(F)F)nnc2c1C. The largest absolute Gasteiger partial charge is 0.453 e. The lowest BCUT2D eigenvalue weighted by molar-refractivity contribution is -0.146. The third-order valence-electron chi connectivity index (χ3n) is 5.03. The van der Waals surface area contributed by atoms with Gasteiger partial charge in [0, 0.05) is 11.1 Å². The van der Waals surface area contributed by atoms with Gasteiger partial charge in [-0.25, -0.2) is 8.78 Å². The number of alkyl halides is 3. The van der Waals surface area contributed by atoms with E-state index in [0.717, 1.165) is 31.0 Å². The summed E-state index contributed by atoms with van der Waals surface area (Å²) in [5.41, 5.74) is 1.15. The van der Waals surface area contributed by atoms with Crippen molar-refractivity contribution in [2.24, 2.45) is 5.92 Å². The first-order valence-corrected chi connectivity index (χ1v) is 8.68. The molecule has 1 atom stereocenters. The lowest BCUT2D eigenvalue weighted by Gasteiger charge is -2.22. The number of nitrogens with one attached hydrogen (secondary N) is 1. The highest BCUT2D eigenvalue weighted by Gasteiger charge is 2.39. The summed E-state index contributed by atoms with van der Waals surface area (Å²) in [5.74, 6) is -2.22. The van der Waals surface area contributed by atoms with Crippen LogP contribution in [0.25, 0.3) is 5.65 Å². The molecule has 0 bridgehead atoms. The molecule has 0 aliphatic heterocycles. The Kier molecular flexibility index (Phi) is 4.24. The van der Waals surface area contributed by atoms with Crippen molar-refractivity contribution in [2.75, 3.05) is 5.32 Å². The summed E-state index contributed by atoms with van der Waals surface area (Å²) >= 11 is 0. The van der Waals surface area contributed by atoms with Crippen molar-refractivity contribution in [2.45, 2.75) is 38.9 Å². The first-order valence-electron chi connectivity index (χ1n) is 8.68. The van der Waals surface area contributed by atoms with E-state index in [9.17, 15) is 22.0 Å². The molecule has 0 amide bonds. The summed E-state index contributed by atoms with van der Waals surface area (Å²) in [6.45, 7) is 3.29. The van der Waals surface area contributed by atoms with Crippen LogP contribution in [0.2, 0.25) is 0 Å². The summed E-state index contributed by atoms with van der Waals surface area (Å²) in [6, 6.07) is 2.56. The van der Waals surface area contributed by atoms with Gasteiger partial charge in [-0.1, -0.05) is 0 Å². The Balaban J connectivity index is 1.81. The predicted octanol–water partition coefficient (Wildman–Crippen LogP) is 4.60. The number of benzene rings is 1. The van der Waals surface area contributed by atoms with Gasteiger partial charge in [0.05, 0.1) is 6.04 Å². The van der Waals surface area contributed by atoms with Crippen molar-refractivity contribution in [3.63, 3.8) is 0 Å². The van der Waals surface area contributed by atoms with E-state index in [1.54, 1.807) is 13.8 Å². The van der Waals surface area contributed by atoms with Crippen molar-refractivity contribution in [3.8, 4) is 0 Å². The average molecular weight is 397 g/mol. The van der Waals surface area contributed by atoms with Crippen LogP contribution in [0.1, 0.15) is 41.4 Å². The second-order valence-corrected chi connectivity index (χ2v) is 6.98. The standard InChI is InChI=1S/C18H16F5N5/c1-8-9(2)16-25-26-17(18(21,22)23)28(16)27-15(8)24-14(10-3-4-10)12-7-11(19)5-6-13(12)20/h5-7,10,14H,3-4H2,1-2H3,(H,24,27). The lowest BCUT2D eigenvalue weighted by Crippen LogP contribution is -2.19. The molecule has 28 heavy (non-hydrogen) atoms. The molecule has 1 aliphatic carbocycles. The molecule has 1 N–H and O–H groups in total. The van der Waals surface area contributed by atoms with Crippen LogP contribution in [0.3, 0.4) is 0 Å². The number of fused-ring (bicyclic) bond motifs is 1. The lowest BCUT2D eigenvalue weighted by atomic mass is 10.0. The number of anilines is 1. The van der Waals surface area contributed by atoms with Gasteiger partial charge in [0.2, 0.25) is 0 Å². The Morgan fingerprint density at radius 1 is 1.11 bits per heavy atom. The minimum Gasteiger partial charge on any atom is -0.361 e. The van der Waals surface area contributed by atoms with Gasteiger partial charge in [0.1, 0.15) is 11.6 Å². The fraction of sp³-hybridized carbons (Fsp3) is 0.389. The van der Waals surface area contributed by atoms with E-state index in [4.69, 9.17) is 0 Å². The topological polar surface area (TPSA) is 55.1 Å². The second kappa shape index (κ2) is 6.39. The number of nitrogens with zero attached hydrogens (tertiary/aromatic N) is 4. The summed E-state index contributed by atoms with van der Waals surface area (Å²) in [5, 5.41) is 13.9. The molecule has 4 rings (SSSR count). The highest BCUT2D eigenvalue weighted by molar-refractivity contribution is 5.59. The first-order chi connectivity index (χ1) is 13.2. The number of hydrogen-bond acceptors (Lipinski definition) is 4. The van der Waals surface area contributed by atoms with Gasteiger partial charge in [-0.2, -0.15) is 17.7 Å². The maximum atomic E-state index is 14.3. The number of rotatable bonds is 4.